The van der Waals surface area contributed by atoms with Gasteiger partial charge in [0, 0.05) is 30.8 Å². The highest BCUT2D eigenvalue weighted by Crippen LogP contribution is 2.27. The lowest BCUT2D eigenvalue weighted by Crippen LogP contribution is -2.36. The average Bonchev–Trinajstić information content (AvgIpc) is 3.25. The maximum absolute atomic E-state index is 13.4. The van der Waals surface area contributed by atoms with Gasteiger partial charge in [0.25, 0.3) is 0 Å². The smallest absolute Gasteiger partial charge is 0.231 e. The summed E-state index contributed by atoms with van der Waals surface area (Å²) >= 11 is 0. The molecule has 8 heteroatoms. The van der Waals surface area contributed by atoms with Gasteiger partial charge in [0.1, 0.15) is 11.6 Å². The fourth-order valence-electron chi connectivity index (χ4n) is 3.62. The summed E-state index contributed by atoms with van der Waals surface area (Å²) in [6.45, 7) is 2.22. The van der Waals surface area contributed by atoms with Crippen molar-refractivity contribution in [2.45, 2.75) is 25.2 Å². The SMILES string of the molecule is O=C(CCN1CCCC(c2nc(-c3cccc(F)c3)no2)C1)Nc1ccc(F)cc1. The van der Waals surface area contributed by atoms with Crippen molar-refractivity contribution in [3.63, 3.8) is 0 Å². The molecule has 0 bridgehead atoms. The summed E-state index contributed by atoms with van der Waals surface area (Å²) in [5.41, 5.74) is 1.16. The number of amides is 1. The zero-order chi connectivity index (χ0) is 20.9. The zero-order valence-corrected chi connectivity index (χ0v) is 16.4. The van der Waals surface area contributed by atoms with E-state index in [1.165, 1.54) is 36.4 Å². The van der Waals surface area contributed by atoms with E-state index in [4.69, 9.17) is 4.52 Å². The number of likely N-dealkylation sites (tertiary alicyclic amines) is 1. The number of hydrogen-bond acceptors (Lipinski definition) is 5. The van der Waals surface area contributed by atoms with Gasteiger partial charge in [0.15, 0.2) is 0 Å². The summed E-state index contributed by atoms with van der Waals surface area (Å²) in [5, 5.41) is 6.77. The highest BCUT2D eigenvalue weighted by atomic mass is 19.1. The van der Waals surface area contributed by atoms with Gasteiger partial charge in [0.2, 0.25) is 17.6 Å². The third-order valence-electron chi connectivity index (χ3n) is 5.16. The predicted octanol–water partition coefficient (Wildman–Crippen LogP) is 4.22. The molecule has 0 radical (unpaired) electrons. The molecule has 4 rings (SSSR count). The standard InChI is InChI=1S/C22H22F2N4O2/c23-17-6-8-19(9-7-17)25-20(29)10-12-28-11-2-4-16(14-28)22-26-21(27-30-22)15-3-1-5-18(24)13-15/h1,3,5-9,13,16H,2,4,10-12,14H2,(H,25,29). The van der Waals surface area contributed by atoms with Crippen molar-refractivity contribution in [3.05, 3.63) is 66.1 Å². The molecular formula is C22H22F2N4O2. The monoisotopic (exact) mass is 412 g/mol. The largest absolute Gasteiger partial charge is 0.339 e. The second-order valence-electron chi connectivity index (χ2n) is 7.41. The average molecular weight is 412 g/mol. The van der Waals surface area contributed by atoms with E-state index in [1.807, 2.05) is 0 Å². The van der Waals surface area contributed by atoms with E-state index in [9.17, 15) is 13.6 Å². The van der Waals surface area contributed by atoms with Crippen LogP contribution in [0.5, 0.6) is 0 Å². The Labute approximate surface area is 172 Å². The molecule has 1 N–H and O–H groups in total. The lowest BCUT2D eigenvalue weighted by molar-refractivity contribution is -0.116. The Balaban J connectivity index is 1.31. The first-order chi connectivity index (χ1) is 14.6. The summed E-state index contributed by atoms with van der Waals surface area (Å²) in [4.78, 5) is 18.8. The van der Waals surface area contributed by atoms with Gasteiger partial charge in [-0.25, -0.2) is 8.78 Å². The third-order valence-corrected chi connectivity index (χ3v) is 5.16. The summed E-state index contributed by atoms with van der Waals surface area (Å²) in [5.74, 6) is 0.189. The first kappa shape index (κ1) is 20.2. The fraction of sp³-hybridized carbons (Fsp3) is 0.318. The number of halogens is 2. The molecule has 0 saturated carbocycles. The second-order valence-corrected chi connectivity index (χ2v) is 7.41. The van der Waals surface area contributed by atoms with E-state index in [0.29, 0.717) is 42.5 Å². The molecule has 1 unspecified atom stereocenters. The number of piperidine rings is 1. The van der Waals surface area contributed by atoms with Crippen molar-refractivity contribution in [3.8, 4) is 11.4 Å². The zero-order valence-electron chi connectivity index (χ0n) is 16.4. The number of anilines is 1. The van der Waals surface area contributed by atoms with E-state index < -0.39 is 0 Å². The Bertz CT molecular complexity index is 1010. The summed E-state index contributed by atoms with van der Waals surface area (Å²) in [6, 6.07) is 11.8. The van der Waals surface area contributed by atoms with E-state index >= 15 is 0 Å². The molecule has 0 spiro atoms. The maximum Gasteiger partial charge on any atom is 0.231 e. The van der Waals surface area contributed by atoms with E-state index in [0.717, 1.165) is 19.4 Å². The van der Waals surface area contributed by atoms with Crippen LogP contribution in [0.3, 0.4) is 0 Å². The Morgan fingerprint density at radius 2 is 2.00 bits per heavy atom. The van der Waals surface area contributed by atoms with E-state index in [-0.39, 0.29) is 23.5 Å². The third kappa shape index (κ3) is 5.07. The van der Waals surface area contributed by atoms with Crippen LogP contribution in [0.15, 0.2) is 53.1 Å². The van der Waals surface area contributed by atoms with Crippen LogP contribution in [0, 0.1) is 11.6 Å². The Morgan fingerprint density at radius 3 is 2.80 bits per heavy atom. The molecule has 1 aliphatic rings. The molecule has 2 heterocycles. The fourth-order valence-corrected chi connectivity index (χ4v) is 3.62. The van der Waals surface area contributed by atoms with Crippen molar-refractivity contribution < 1.29 is 18.1 Å². The van der Waals surface area contributed by atoms with Crippen LogP contribution in [0.4, 0.5) is 14.5 Å². The van der Waals surface area contributed by atoms with Crippen LogP contribution in [0.2, 0.25) is 0 Å². The number of aromatic nitrogens is 2. The van der Waals surface area contributed by atoms with Gasteiger partial charge in [-0.3, -0.25) is 4.79 Å². The Hall–Kier alpha value is -3.13. The molecular weight excluding hydrogens is 390 g/mol. The number of nitrogens with zero attached hydrogens (tertiary/aromatic N) is 3. The lowest BCUT2D eigenvalue weighted by atomic mass is 9.98. The van der Waals surface area contributed by atoms with Crippen LogP contribution >= 0.6 is 0 Å². The van der Waals surface area contributed by atoms with Gasteiger partial charge in [-0.1, -0.05) is 17.3 Å². The topological polar surface area (TPSA) is 71.3 Å². The minimum atomic E-state index is -0.346. The van der Waals surface area contributed by atoms with Crippen molar-refractivity contribution in [2.24, 2.45) is 0 Å². The van der Waals surface area contributed by atoms with Gasteiger partial charge < -0.3 is 14.7 Å². The molecule has 30 heavy (non-hydrogen) atoms. The summed E-state index contributed by atoms with van der Waals surface area (Å²) in [7, 11) is 0. The minimum Gasteiger partial charge on any atom is -0.339 e. The predicted molar refractivity (Wildman–Crippen MR) is 108 cm³/mol. The van der Waals surface area contributed by atoms with Crippen LogP contribution in [0.1, 0.15) is 31.1 Å². The number of carbonyl (C=O) groups is 1. The molecule has 1 amide bonds. The van der Waals surface area contributed by atoms with Gasteiger partial charge >= 0.3 is 0 Å². The van der Waals surface area contributed by atoms with Crippen molar-refractivity contribution in [2.75, 3.05) is 25.0 Å². The van der Waals surface area contributed by atoms with Crippen molar-refractivity contribution in [1.29, 1.82) is 0 Å². The molecule has 6 nitrogen and oxygen atoms in total. The van der Waals surface area contributed by atoms with Crippen molar-refractivity contribution >= 4 is 11.6 Å². The molecule has 1 saturated heterocycles. The highest BCUT2D eigenvalue weighted by Gasteiger charge is 2.26. The molecule has 2 aromatic carbocycles. The Kier molecular flexibility index (Phi) is 6.13. The first-order valence-corrected chi connectivity index (χ1v) is 9.94. The van der Waals surface area contributed by atoms with Gasteiger partial charge in [-0.05, 0) is 55.8 Å². The first-order valence-electron chi connectivity index (χ1n) is 9.94. The molecule has 0 aliphatic carbocycles. The maximum atomic E-state index is 13.4. The van der Waals surface area contributed by atoms with Gasteiger partial charge in [-0.15, -0.1) is 0 Å². The quantitative estimate of drug-likeness (QED) is 0.656. The van der Waals surface area contributed by atoms with Gasteiger partial charge in [-0.2, -0.15) is 4.98 Å². The summed E-state index contributed by atoms with van der Waals surface area (Å²) in [6.07, 6.45) is 2.22. The van der Waals surface area contributed by atoms with Crippen LogP contribution in [0.25, 0.3) is 11.4 Å². The number of rotatable bonds is 6. The normalized spacial score (nSPS) is 17.1. The number of carbonyl (C=O) groups excluding carboxylic acids is 1. The summed E-state index contributed by atoms with van der Waals surface area (Å²) < 4.78 is 31.8. The molecule has 1 fully saturated rings. The number of hydrogen-bond donors (Lipinski definition) is 1. The minimum absolute atomic E-state index is 0.0775. The van der Waals surface area contributed by atoms with Crippen LogP contribution < -0.4 is 5.32 Å². The van der Waals surface area contributed by atoms with E-state index in [2.05, 4.69) is 20.4 Å². The Morgan fingerprint density at radius 1 is 1.17 bits per heavy atom. The number of benzene rings is 2. The molecule has 156 valence electrons. The highest BCUT2D eigenvalue weighted by molar-refractivity contribution is 5.90. The molecule has 1 aliphatic heterocycles. The number of nitrogens with one attached hydrogen (secondary N) is 1. The van der Waals surface area contributed by atoms with Crippen LogP contribution in [-0.2, 0) is 4.79 Å². The lowest BCUT2D eigenvalue weighted by Gasteiger charge is -2.30. The van der Waals surface area contributed by atoms with Crippen LogP contribution in [-0.4, -0.2) is 40.6 Å². The molecule has 1 atom stereocenters. The molecule has 1 aromatic heterocycles. The van der Waals surface area contributed by atoms with Gasteiger partial charge in [0.05, 0.1) is 5.92 Å². The van der Waals surface area contributed by atoms with Crippen molar-refractivity contribution in [1.82, 2.24) is 15.0 Å². The second kappa shape index (κ2) is 9.13. The van der Waals surface area contributed by atoms with E-state index in [1.54, 1.807) is 12.1 Å². The molecule has 3 aromatic rings.